The van der Waals surface area contributed by atoms with Gasteiger partial charge in [-0.1, -0.05) is 29.3 Å². The van der Waals surface area contributed by atoms with Crippen LogP contribution in [0.4, 0.5) is 16.2 Å². The Morgan fingerprint density at radius 3 is 2.42 bits per heavy atom. The number of ether oxygens (including phenoxy) is 1. The molecular formula is C15H12Cl2N2O4S. The average Bonchev–Trinajstić information content (AvgIpc) is 2.98. The number of carbonyl (C=O) groups is 1. The summed E-state index contributed by atoms with van der Waals surface area (Å²) in [5.74, 6) is 0. The van der Waals surface area contributed by atoms with Crippen LogP contribution in [0.3, 0.4) is 0 Å². The molecule has 1 amide bonds. The largest absolute Gasteiger partial charge is 0.447 e. The Morgan fingerprint density at radius 1 is 1.08 bits per heavy atom. The van der Waals surface area contributed by atoms with Crippen molar-refractivity contribution >= 4 is 50.7 Å². The Hall–Kier alpha value is -1.96. The molecule has 0 aliphatic carbocycles. The zero-order valence-electron chi connectivity index (χ0n) is 12.2. The van der Waals surface area contributed by atoms with E-state index in [4.69, 9.17) is 27.9 Å². The first-order chi connectivity index (χ1) is 11.4. The standard InChI is InChI=1S/C15H12Cl2N2O4S/c16-12-2-1-3-13(14(12)17)18-24(21,22)11-6-4-10(5-7-11)19-8-9-23-15(19)20/h1-7,18H,8-9H2. The minimum atomic E-state index is -3.83. The third-order valence-electron chi connectivity index (χ3n) is 3.42. The van der Waals surface area contributed by atoms with Crippen molar-refractivity contribution in [2.75, 3.05) is 22.8 Å². The Kier molecular flexibility index (Phi) is 4.58. The fourth-order valence-corrected chi connectivity index (χ4v) is 3.70. The topological polar surface area (TPSA) is 75.7 Å². The van der Waals surface area contributed by atoms with Crippen LogP contribution in [0.15, 0.2) is 47.4 Å². The molecule has 1 aliphatic rings. The van der Waals surface area contributed by atoms with Crippen molar-refractivity contribution in [2.45, 2.75) is 4.90 Å². The molecule has 0 spiro atoms. The number of anilines is 2. The Balaban J connectivity index is 1.85. The lowest BCUT2D eigenvalue weighted by atomic mass is 10.3. The zero-order valence-corrected chi connectivity index (χ0v) is 14.5. The van der Waals surface area contributed by atoms with Crippen molar-refractivity contribution in [2.24, 2.45) is 0 Å². The highest BCUT2D eigenvalue weighted by atomic mass is 35.5. The third-order valence-corrected chi connectivity index (χ3v) is 5.62. The van der Waals surface area contributed by atoms with E-state index in [9.17, 15) is 13.2 Å². The van der Waals surface area contributed by atoms with Crippen LogP contribution < -0.4 is 9.62 Å². The van der Waals surface area contributed by atoms with Crippen LogP contribution in [0.2, 0.25) is 10.0 Å². The van der Waals surface area contributed by atoms with E-state index in [1.54, 1.807) is 24.3 Å². The van der Waals surface area contributed by atoms with Gasteiger partial charge in [0.05, 0.1) is 27.2 Å². The molecular weight excluding hydrogens is 375 g/mol. The highest BCUT2D eigenvalue weighted by molar-refractivity contribution is 7.92. The van der Waals surface area contributed by atoms with Gasteiger partial charge in [-0.05, 0) is 36.4 Å². The van der Waals surface area contributed by atoms with Crippen molar-refractivity contribution in [3.05, 3.63) is 52.5 Å². The van der Waals surface area contributed by atoms with Gasteiger partial charge in [-0.2, -0.15) is 0 Å². The first-order valence-corrected chi connectivity index (χ1v) is 9.13. The maximum atomic E-state index is 12.4. The molecule has 1 heterocycles. The molecule has 0 aromatic heterocycles. The average molecular weight is 387 g/mol. The summed E-state index contributed by atoms with van der Waals surface area (Å²) < 4.78 is 32.1. The predicted molar refractivity (Wildman–Crippen MR) is 92.4 cm³/mol. The SMILES string of the molecule is O=C1OCCN1c1ccc(S(=O)(=O)Nc2cccc(Cl)c2Cl)cc1. The molecule has 6 nitrogen and oxygen atoms in total. The van der Waals surface area contributed by atoms with E-state index >= 15 is 0 Å². The van der Waals surface area contributed by atoms with E-state index in [0.29, 0.717) is 18.8 Å². The molecule has 0 atom stereocenters. The predicted octanol–water partition coefficient (Wildman–Crippen LogP) is 3.75. The van der Waals surface area contributed by atoms with Gasteiger partial charge in [-0.3, -0.25) is 9.62 Å². The number of halogens is 2. The summed E-state index contributed by atoms with van der Waals surface area (Å²) in [5, 5.41) is 0.374. The first kappa shape index (κ1) is 16.9. The normalized spacial score (nSPS) is 14.6. The molecule has 3 rings (SSSR count). The van der Waals surface area contributed by atoms with Gasteiger partial charge in [-0.25, -0.2) is 13.2 Å². The second kappa shape index (κ2) is 6.51. The molecule has 0 saturated carbocycles. The van der Waals surface area contributed by atoms with Crippen LogP contribution >= 0.6 is 23.2 Å². The number of benzene rings is 2. The number of nitrogens with one attached hydrogen (secondary N) is 1. The van der Waals surface area contributed by atoms with Crippen LogP contribution in [-0.4, -0.2) is 27.7 Å². The Morgan fingerprint density at radius 2 is 1.79 bits per heavy atom. The number of rotatable bonds is 4. The van der Waals surface area contributed by atoms with Crippen molar-refractivity contribution in [1.82, 2.24) is 0 Å². The molecule has 1 N–H and O–H groups in total. The molecule has 126 valence electrons. The van der Waals surface area contributed by atoms with Crippen LogP contribution in [0.25, 0.3) is 0 Å². The fourth-order valence-electron chi connectivity index (χ4n) is 2.22. The maximum Gasteiger partial charge on any atom is 0.414 e. The molecule has 24 heavy (non-hydrogen) atoms. The van der Waals surface area contributed by atoms with E-state index in [2.05, 4.69) is 4.72 Å². The monoisotopic (exact) mass is 386 g/mol. The van der Waals surface area contributed by atoms with Gasteiger partial charge < -0.3 is 4.74 Å². The van der Waals surface area contributed by atoms with Crippen molar-refractivity contribution < 1.29 is 17.9 Å². The van der Waals surface area contributed by atoms with Gasteiger partial charge in [0.1, 0.15) is 6.61 Å². The van der Waals surface area contributed by atoms with Gasteiger partial charge in [0.2, 0.25) is 0 Å². The lowest BCUT2D eigenvalue weighted by Crippen LogP contribution is -2.23. The second-order valence-electron chi connectivity index (χ2n) is 4.97. The molecule has 0 unspecified atom stereocenters. The molecule has 1 fully saturated rings. The number of nitrogens with zero attached hydrogens (tertiary/aromatic N) is 1. The number of hydrogen-bond acceptors (Lipinski definition) is 4. The lowest BCUT2D eigenvalue weighted by molar-refractivity contribution is 0.181. The minimum Gasteiger partial charge on any atom is -0.447 e. The molecule has 2 aromatic carbocycles. The fraction of sp³-hybridized carbons (Fsp3) is 0.133. The summed E-state index contributed by atoms with van der Waals surface area (Å²) in [6.45, 7) is 0.745. The van der Waals surface area contributed by atoms with Crippen molar-refractivity contribution in [1.29, 1.82) is 0 Å². The van der Waals surface area contributed by atoms with Crippen LogP contribution in [0.5, 0.6) is 0 Å². The van der Waals surface area contributed by atoms with E-state index in [-0.39, 0.29) is 20.6 Å². The van der Waals surface area contributed by atoms with Crippen molar-refractivity contribution in [3.63, 3.8) is 0 Å². The summed E-state index contributed by atoms with van der Waals surface area (Å²) >= 11 is 11.9. The van der Waals surface area contributed by atoms with E-state index in [0.717, 1.165) is 0 Å². The maximum absolute atomic E-state index is 12.4. The zero-order chi connectivity index (χ0) is 17.3. The summed E-state index contributed by atoms with van der Waals surface area (Å²) in [6, 6.07) is 10.6. The van der Waals surface area contributed by atoms with Crippen LogP contribution in [0, 0.1) is 0 Å². The van der Waals surface area contributed by atoms with E-state index < -0.39 is 16.1 Å². The number of cyclic esters (lactones) is 1. The van der Waals surface area contributed by atoms with Gasteiger partial charge in [-0.15, -0.1) is 0 Å². The van der Waals surface area contributed by atoms with Crippen LogP contribution in [0.1, 0.15) is 0 Å². The van der Waals surface area contributed by atoms with Gasteiger partial charge in [0.15, 0.2) is 0 Å². The molecule has 0 bridgehead atoms. The van der Waals surface area contributed by atoms with E-state index in [1.807, 2.05) is 0 Å². The van der Waals surface area contributed by atoms with E-state index in [1.165, 1.54) is 23.1 Å². The summed E-state index contributed by atoms with van der Waals surface area (Å²) in [4.78, 5) is 13.0. The summed E-state index contributed by atoms with van der Waals surface area (Å²) in [7, 11) is -3.83. The number of sulfonamides is 1. The van der Waals surface area contributed by atoms with Crippen LogP contribution in [-0.2, 0) is 14.8 Å². The summed E-state index contributed by atoms with van der Waals surface area (Å²) in [5.41, 5.74) is 0.758. The van der Waals surface area contributed by atoms with Gasteiger partial charge in [0.25, 0.3) is 10.0 Å². The Labute approximate surface area is 149 Å². The molecule has 0 radical (unpaired) electrons. The minimum absolute atomic E-state index is 0.0369. The van der Waals surface area contributed by atoms with Gasteiger partial charge >= 0.3 is 6.09 Å². The second-order valence-corrected chi connectivity index (χ2v) is 7.43. The van der Waals surface area contributed by atoms with Gasteiger partial charge in [0, 0.05) is 5.69 Å². The number of hydrogen-bond donors (Lipinski definition) is 1. The Bertz CT molecular complexity index is 885. The lowest BCUT2D eigenvalue weighted by Gasteiger charge is -2.14. The third kappa shape index (κ3) is 3.28. The molecule has 9 heteroatoms. The number of carbonyl (C=O) groups excluding carboxylic acids is 1. The molecule has 2 aromatic rings. The first-order valence-electron chi connectivity index (χ1n) is 6.90. The van der Waals surface area contributed by atoms with Crippen molar-refractivity contribution in [3.8, 4) is 0 Å². The quantitative estimate of drug-likeness (QED) is 0.867. The summed E-state index contributed by atoms with van der Waals surface area (Å²) in [6.07, 6.45) is -0.450. The molecule has 1 aliphatic heterocycles. The highest BCUT2D eigenvalue weighted by Gasteiger charge is 2.24. The molecule has 1 saturated heterocycles. The highest BCUT2D eigenvalue weighted by Crippen LogP contribution is 2.31. The smallest absolute Gasteiger partial charge is 0.414 e. The number of amides is 1.